The molecule has 1 N–H and O–H groups in total. The van der Waals surface area contributed by atoms with Crippen LogP contribution in [0.3, 0.4) is 0 Å². The van der Waals surface area contributed by atoms with Gasteiger partial charge in [-0.25, -0.2) is 8.78 Å². The van der Waals surface area contributed by atoms with Gasteiger partial charge in [0.15, 0.2) is 5.82 Å². The summed E-state index contributed by atoms with van der Waals surface area (Å²) in [4.78, 5) is 0. The number of unbranched alkanes of at least 4 members (excludes halogenated alkanes) is 1. The van der Waals surface area contributed by atoms with Crippen molar-refractivity contribution in [2.45, 2.75) is 19.8 Å². The summed E-state index contributed by atoms with van der Waals surface area (Å²) in [7, 11) is 0. The van der Waals surface area contributed by atoms with Crippen LogP contribution in [0.5, 0.6) is 5.75 Å². The highest BCUT2D eigenvalue weighted by atomic mass is 19.1. The fourth-order valence-electron chi connectivity index (χ4n) is 1.74. The Labute approximate surface area is 128 Å². The number of ether oxygens (including phenoxy) is 1. The molecule has 116 valence electrons. The minimum absolute atomic E-state index is 0.122. The number of hydrazone groups is 1. The quantitative estimate of drug-likeness (QED) is 0.461. The first-order valence-corrected chi connectivity index (χ1v) is 7.16. The average molecular weight is 304 g/mol. The Bertz CT molecular complexity index is 627. The predicted molar refractivity (Wildman–Crippen MR) is 84.4 cm³/mol. The van der Waals surface area contributed by atoms with Gasteiger partial charge >= 0.3 is 0 Å². The molecular formula is C17H18F2N2O. The number of hydrogen-bond acceptors (Lipinski definition) is 3. The fourth-order valence-corrected chi connectivity index (χ4v) is 1.74. The van der Waals surface area contributed by atoms with Gasteiger partial charge in [0.2, 0.25) is 0 Å². The maximum Gasteiger partial charge on any atom is 0.151 e. The Morgan fingerprint density at radius 1 is 1.14 bits per heavy atom. The third-order valence-electron chi connectivity index (χ3n) is 2.98. The van der Waals surface area contributed by atoms with Crippen LogP contribution in [0.2, 0.25) is 0 Å². The lowest BCUT2D eigenvalue weighted by atomic mass is 10.2. The third kappa shape index (κ3) is 4.84. The van der Waals surface area contributed by atoms with E-state index in [2.05, 4.69) is 17.5 Å². The molecule has 0 saturated carbocycles. The van der Waals surface area contributed by atoms with Crippen LogP contribution in [0, 0.1) is 11.6 Å². The summed E-state index contributed by atoms with van der Waals surface area (Å²) in [6.45, 7) is 2.81. The molecule has 0 saturated heterocycles. The SMILES string of the molecule is CCCCOc1ccc(/C=N\Nc2ccc(F)cc2F)cc1. The molecule has 0 bridgehead atoms. The van der Waals surface area contributed by atoms with Crippen LogP contribution in [0.25, 0.3) is 0 Å². The molecule has 0 radical (unpaired) electrons. The Kier molecular flexibility index (Phi) is 5.89. The Hall–Kier alpha value is -2.43. The van der Waals surface area contributed by atoms with E-state index in [9.17, 15) is 8.78 Å². The van der Waals surface area contributed by atoms with E-state index >= 15 is 0 Å². The largest absolute Gasteiger partial charge is 0.494 e. The number of anilines is 1. The summed E-state index contributed by atoms with van der Waals surface area (Å²) < 4.78 is 31.7. The minimum Gasteiger partial charge on any atom is -0.494 e. The molecule has 5 heteroatoms. The van der Waals surface area contributed by atoms with E-state index in [0.29, 0.717) is 6.61 Å². The third-order valence-corrected chi connectivity index (χ3v) is 2.98. The van der Waals surface area contributed by atoms with Crippen LogP contribution in [0.15, 0.2) is 47.6 Å². The monoisotopic (exact) mass is 304 g/mol. The van der Waals surface area contributed by atoms with Gasteiger partial charge in [-0.05, 0) is 48.4 Å². The van der Waals surface area contributed by atoms with Crippen LogP contribution in [-0.2, 0) is 0 Å². The number of nitrogens with one attached hydrogen (secondary N) is 1. The number of nitrogens with zero attached hydrogens (tertiary/aromatic N) is 1. The predicted octanol–water partition coefficient (Wildman–Crippen LogP) is 4.59. The second-order valence-corrected chi connectivity index (χ2v) is 4.77. The Morgan fingerprint density at radius 3 is 2.59 bits per heavy atom. The zero-order valence-electron chi connectivity index (χ0n) is 12.4. The molecule has 0 aliphatic rings. The van der Waals surface area contributed by atoms with Gasteiger partial charge in [-0.1, -0.05) is 13.3 Å². The van der Waals surface area contributed by atoms with Crippen LogP contribution < -0.4 is 10.2 Å². The highest BCUT2D eigenvalue weighted by Gasteiger charge is 2.01. The van der Waals surface area contributed by atoms with Crippen molar-refractivity contribution in [1.82, 2.24) is 0 Å². The van der Waals surface area contributed by atoms with Crippen molar-refractivity contribution in [2.24, 2.45) is 5.10 Å². The molecule has 22 heavy (non-hydrogen) atoms. The number of rotatable bonds is 7. The van der Waals surface area contributed by atoms with E-state index in [1.807, 2.05) is 24.3 Å². The molecular weight excluding hydrogens is 286 g/mol. The molecule has 2 aromatic carbocycles. The average Bonchev–Trinajstić information content (AvgIpc) is 2.51. The zero-order valence-corrected chi connectivity index (χ0v) is 12.4. The van der Waals surface area contributed by atoms with Crippen molar-refractivity contribution in [3.8, 4) is 5.75 Å². The minimum atomic E-state index is -0.683. The van der Waals surface area contributed by atoms with Crippen LogP contribution in [-0.4, -0.2) is 12.8 Å². The van der Waals surface area contributed by atoms with E-state index in [1.165, 1.54) is 12.1 Å². The number of hydrogen-bond donors (Lipinski definition) is 1. The summed E-state index contributed by atoms with van der Waals surface area (Å²) >= 11 is 0. The molecule has 0 heterocycles. The summed E-state index contributed by atoms with van der Waals surface area (Å²) in [6, 6.07) is 10.7. The van der Waals surface area contributed by atoms with Crippen LogP contribution in [0.1, 0.15) is 25.3 Å². The van der Waals surface area contributed by atoms with Crippen molar-refractivity contribution in [3.05, 3.63) is 59.7 Å². The second-order valence-electron chi connectivity index (χ2n) is 4.77. The summed E-state index contributed by atoms with van der Waals surface area (Å²) in [5.41, 5.74) is 3.51. The maximum atomic E-state index is 13.4. The molecule has 0 fully saturated rings. The van der Waals surface area contributed by atoms with E-state index in [4.69, 9.17) is 4.74 Å². The molecule has 2 aromatic rings. The van der Waals surface area contributed by atoms with Crippen LogP contribution in [0.4, 0.5) is 14.5 Å². The van der Waals surface area contributed by atoms with Crippen molar-refractivity contribution >= 4 is 11.9 Å². The Balaban J connectivity index is 1.90. The highest BCUT2D eigenvalue weighted by Crippen LogP contribution is 2.15. The lowest BCUT2D eigenvalue weighted by Gasteiger charge is -2.05. The lowest BCUT2D eigenvalue weighted by Crippen LogP contribution is -1.97. The first kappa shape index (κ1) is 15.9. The van der Waals surface area contributed by atoms with Crippen LogP contribution >= 0.6 is 0 Å². The zero-order chi connectivity index (χ0) is 15.8. The van der Waals surface area contributed by atoms with E-state index in [1.54, 1.807) is 6.21 Å². The lowest BCUT2D eigenvalue weighted by molar-refractivity contribution is 0.309. The first-order chi connectivity index (χ1) is 10.7. The number of halogens is 2. The van der Waals surface area contributed by atoms with Gasteiger partial charge in [-0.3, -0.25) is 5.43 Å². The standard InChI is InChI=1S/C17H18F2N2O/c1-2-3-10-22-15-7-4-13(5-8-15)12-20-21-17-9-6-14(18)11-16(17)19/h4-9,11-12,21H,2-3,10H2,1H3/b20-12-. The normalized spacial score (nSPS) is 10.9. The molecule has 0 amide bonds. The summed E-state index contributed by atoms with van der Waals surface area (Å²) in [6.07, 6.45) is 3.67. The molecule has 2 rings (SSSR count). The van der Waals surface area contributed by atoms with Gasteiger partial charge in [0.25, 0.3) is 0 Å². The van der Waals surface area contributed by atoms with Crippen molar-refractivity contribution in [2.75, 3.05) is 12.0 Å². The second kappa shape index (κ2) is 8.12. The van der Waals surface area contributed by atoms with Gasteiger partial charge in [-0.15, -0.1) is 0 Å². The first-order valence-electron chi connectivity index (χ1n) is 7.16. The van der Waals surface area contributed by atoms with E-state index < -0.39 is 11.6 Å². The molecule has 0 aromatic heterocycles. The number of benzene rings is 2. The molecule has 0 aliphatic carbocycles. The molecule has 0 spiro atoms. The fraction of sp³-hybridized carbons (Fsp3) is 0.235. The Morgan fingerprint density at radius 2 is 1.91 bits per heavy atom. The molecule has 3 nitrogen and oxygen atoms in total. The summed E-state index contributed by atoms with van der Waals surface area (Å²) in [5, 5.41) is 3.93. The van der Waals surface area contributed by atoms with Gasteiger partial charge in [0.1, 0.15) is 11.6 Å². The van der Waals surface area contributed by atoms with Crippen molar-refractivity contribution in [1.29, 1.82) is 0 Å². The van der Waals surface area contributed by atoms with Gasteiger partial charge in [0, 0.05) is 6.07 Å². The smallest absolute Gasteiger partial charge is 0.151 e. The maximum absolute atomic E-state index is 13.4. The van der Waals surface area contributed by atoms with E-state index in [-0.39, 0.29) is 5.69 Å². The van der Waals surface area contributed by atoms with E-state index in [0.717, 1.165) is 30.2 Å². The molecule has 0 atom stereocenters. The molecule has 0 unspecified atom stereocenters. The topological polar surface area (TPSA) is 33.6 Å². The summed E-state index contributed by atoms with van der Waals surface area (Å²) in [5.74, 6) is -0.495. The van der Waals surface area contributed by atoms with Crippen molar-refractivity contribution < 1.29 is 13.5 Å². The van der Waals surface area contributed by atoms with Crippen molar-refractivity contribution in [3.63, 3.8) is 0 Å². The van der Waals surface area contributed by atoms with Gasteiger partial charge < -0.3 is 4.74 Å². The highest BCUT2D eigenvalue weighted by molar-refractivity contribution is 5.80. The van der Waals surface area contributed by atoms with Gasteiger partial charge in [0.05, 0.1) is 18.5 Å². The van der Waals surface area contributed by atoms with Gasteiger partial charge in [-0.2, -0.15) is 5.10 Å². The molecule has 0 aliphatic heterocycles.